The summed E-state index contributed by atoms with van der Waals surface area (Å²) in [4.78, 5) is 0. The van der Waals surface area contributed by atoms with Crippen molar-refractivity contribution in [2.75, 3.05) is 6.54 Å². The predicted octanol–water partition coefficient (Wildman–Crippen LogP) is 4.11. The van der Waals surface area contributed by atoms with Crippen LogP contribution in [0, 0.1) is 5.41 Å². The summed E-state index contributed by atoms with van der Waals surface area (Å²) in [5.74, 6) is 0. The van der Waals surface area contributed by atoms with Crippen molar-refractivity contribution in [3.8, 4) is 0 Å². The number of nitrogens with two attached hydrogens (primary N) is 1. The van der Waals surface area contributed by atoms with Gasteiger partial charge in [0.2, 0.25) is 0 Å². The van der Waals surface area contributed by atoms with Crippen LogP contribution in [0.25, 0.3) is 0 Å². The minimum atomic E-state index is 0.597. The van der Waals surface area contributed by atoms with Crippen LogP contribution < -0.4 is 5.73 Å². The maximum Gasteiger partial charge on any atom is -0.00773 e. The van der Waals surface area contributed by atoms with Gasteiger partial charge in [-0.25, -0.2) is 0 Å². The predicted molar refractivity (Wildman–Crippen MR) is 65.4 cm³/mol. The molecule has 0 fully saturated rings. The molecule has 14 heavy (non-hydrogen) atoms. The zero-order valence-corrected chi connectivity index (χ0v) is 10.4. The molecular weight excluding hydrogens is 170 g/mol. The van der Waals surface area contributed by atoms with E-state index in [1.54, 1.807) is 0 Å². The molecule has 0 spiro atoms. The molecular formula is C13H29N. The number of unbranched alkanes of at least 4 members (excludes halogenated alkanes) is 2. The highest BCUT2D eigenvalue weighted by molar-refractivity contribution is 4.73. The molecule has 86 valence electrons. The van der Waals surface area contributed by atoms with Crippen molar-refractivity contribution in [1.82, 2.24) is 0 Å². The highest BCUT2D eigenvalue weighted by Crippen LogP contribution is 2.35. The smallest absolute Gasteiger partial charge is 0.00773 e. The lowest BCUT2D eigenvalue weighted by Crippen LogP contribution is -2.16. The van der Waals surface area contributed by atoms with E-state index in [2.05, 4.69) is 20.8 Å². The van der Waals surface area contributed by atoms with Crippen LogP contribution in [-0.2, 0) is 0 Å². The number of hydrogen-bond acceptors (Lipinski definition) is 1. The van der Waals surface area contributed by atoms with Crippen LogP contribution in [0.1, 0.15) is 72.1 Å². The molecule has 0 rings (SSSR count). The van der Waals surface area contributed by atoms with Crippen LogP contribution in [0.5, 0.6) is 0 Å². The second kappa shape index (κ2) is 8.28. The van der Waals surface area contributed by atoms with E-state index in [0.29, 0.717) is 5.41 Å². The molecule has 1 atom stereocenters. The van der Waals surface area contributed by atoms with E-state index in [-0.39, 0.29) is 0 Å². The van der Waals surface area contributed by atoms with Gasteiger partial charge in [-0.15, -0.1) is 0 Å². The Kier molecular flexibility index (Phi) is 8.26. The summed E-state index contributed by atoms with van der Waals surface area (Å²) in [7, 11) is 0. The van der Waals surface area contributed by atoms with Crippen LogP contribution >= 0.6 is 0 Å². The van der Waals surface area contributed by atoms with E-state index >= 15 is 0 Å². The minimum absolute atomic E-state index is 0.597. The molecule has 0 aromatic rings. The van der Waals surface area contributed by atoms with E-state index in [1.165, 1.54) is 51.4 Å². The van der Waals surface area contributed by atoms with Crippen molar-refractivity contribution in [2.45, 2.75) is 72.1 Å². The maximum absolute atomic E-state index is 5.53. The lowest BCUT2D eigenvalue weighted by atomic mass is 9.77. The first kappa shape index (κ1) is 14.0. The molecule has 2 N–H and O–H groups in total. The fraction of sp³-hybridized carbons (Fsp3) is 1.00. The van der Waals surface area contributed by atoms with Gasteiger partial charge in [0.05, 0.1) is 0 Å². The average Bonchev–Trinajstić information content (AvgIpc) is 2.16. The SMILES string of the molecule is CCCCC(C)(CCC)CCCCN. The number of rotatable bonds is 9. The van der Waals surface area contributed by atoms with E-state index in [0.717, 1.165) is 6.54 Å². The Hall–Kier alpha value is -0.0400. The van der Waals surface area contributed by atoms with Gasteiger partial charge >= 0.3 is 0 Å². The first-order valence-electron chi connectivity index (χ1n) is 6.38. The Labute approximate surface area is 90.5 Å². The highest BCUT2D eigenvalue weighted by atomic mass is 14.5. The quantitative estimate of drug-likeness (QED) is 0.556. The van der Waals surface area contributed by atoms with E-state index < -0.39 is 0 Å². The molecule has 1 unspecified atom stereocenters. The Morgan fingerprint density at radius 1 is 0.857 bits per heavy atom. The van der Waals surface area contributed by atoms with E-state index in [4.69, 9.17) is 5.73 Å². The standard InChI is InChI=1S/C13H29N/c1-4-6-10-13(3,9-5-2)11-7-8-12-14/h4-12,14H2,1-3H3. The number of hydrogen-bond donors (Lipinski definition) is 1. The molecule has 0 saturated carbocycles. The molecule has 0 heterocycles. The zero-order valence-electron chi connectivity index (χ0n) is 10.4. The third kappa shape index (κ3) is 6.42. The Morgan fingerprint density at radius 2 is 1.50 bits per heavy atom. The maximum atomic E-state index is 5.53. The summed E-state index contributed by atoms with van der Waals surface area (Å²) in [6, 6.07) is 0. The third-order valence-electron chi connectivity index (χ3n) is 3.22. The minimum Gasteiger partial charge on any atom is -0.330 e. The molecule has 1 heteroatoms. The molecule has 0 bridgehead atoms. The third-order valence-corrected chi connectivity index (χ3v) is 3.22. The van der Waals surface area contributed by atoms with Gasteiger partial charge in [-0.2, -0.15) is 0 Å². The molecule has 0 radical (unpaired) electrons. The highest BCUT2D eigenvalue weighted by Gasteiger charge is 2.21. The van der Waals surface area contributed by atoms with Crippen LogP contribution in [0.15, 0.2) is 0 Å². The first-order chi connectivity index (χ1) is 6.68. The van der Waals surface area contributed by atoms with Crippen LogP contribution in [-0.4, -0.2) is 6.54 Å². The van der Waals surface area contributed by atoms with Gasteiger partial charge in [0.1, 0.15) is 0 Å². The molecule has 0 aromatic carbocycles. The van der Waals surface area contributed by atoms with Gasteiger partial charge in [0.15, 0.2) is 0 Å². The Morgan fingerprint density at radius 3 is 2.00 bits per heavy atom. The van der Waals surface area contributed by atoms with E-state index in [9.17, 15) is 0 Å². The molecule has 0 saturated heterocycles. The summed E-state index contributed by atoms with van der Waals surface area (Å²) in [6.07, 6.45) is 10.7. The Balaban J connectivity index is 3.82. The van der Waals surface area contributed by atoms with Crippen molar-refractivity contribution < 1.29 is 0 Å². The van der Waals surface area contributed by atoms with Gasteiger partial charge in [0.25, 0.3) is 0 Å². The largest absolute Gasteiger partial charge is 0.330 e. The van der Waals surface area contributed by atoms with Gasteiger partial charge in [-0.1, -0.05) is 46.5 Å². The summed E-state index contributed by atoms with van der Waals surface area (Å²) < 4.78 is 0. The van der Waals surface area contributed by atoms with Gasteiger partial charge < -0.3 is 5.73 Å². The lowest BCUT2D eigenvalue weighted by molar-refractivity contribution is 0.232. The molecule has 0 aliphatic carbocycles. The molecule has 0 aromatic heterocycles. The average molecular weight is 199 g/mol. The van der Waals surface area contributed by atoms with Crippen molar-refractivity contribution in [3.05, 3.63) is 0 Å². The topological polar surface area (TPSA) is 26.0 Å². The van der Waals surface area contributed by atoms with Crippen LogP contribution in [0.2, 0.25) is 0 Å². The van der Waals surface area contributed by atoms with E-state index in [1.807, 2.05) is 0 Å². The van der Waals surface area contributed by atoms with Gasteiger partial charge in [0, 0.05) is 0 Å². The lowest BCUT2D eigenvalue weighted by Gasteiger charge is -2.29. The van der Waals surface area contributed by atoms with Crippen molar-refractivity contribution in [2.24, 2.45) is 11.1 Å². The first-order valence-corrected chi connectivity index (χ1v) is 6.38. The van der Waals surface area contributed by atoms with Gasteiger partial charge in [-0.05, 0) is 37.6 Å². The molecule has 1 nitrogen and oxygen atoms in total. The second-order valence-electron chi connectivity index (χ2n) is 4.91. The summed E-state index contributed by atoms with van der Waals surface area (Å²) in [5, 5.41) is 0. The van der Waals surface area contributed by atoms with Crippen LogP contribution in [0.4, 0.5) is 0 Å². The molecule has 0 aliphatic heterocycles. The van der Waals surface area contributed by atoms with Gasteiger partial charge in [-0.3, -0.25) is 0 Å². The van der Waals surface area contributed by atoms with Crippen LogP contribution in [0.3, 0.4) is 0 Å². The normalized spacial score (nSPS) is 15.4. The summed E-state index contributed by atoms with van der Waals surface area (Å²) in [5.41, 5.74) is 6.13. The zero-order chi connectivity index (χ0) is 10.9. The second-order valence-corrected chi connectivity index (χ2v) is 4.91. The molecule has 0 amide bonds. The van der Waals surface area contributed by atoms with Crippen molar-refractivity contribution in [1.29, 1.82) is 0 Å². The van der Waals surface area contributed by atoms with Crippen molar-refractivity contribution in [3.63, 3.8) is 0 Å². The Bertz CT molecular complexity index is 122. The fourth-order valence-electron chi connectivity index (χ4n) is 2.28. The monoisotopic (exact) mass is 199 g/mol. The van der Waals surface area contributed by atoms with Crippen molar-refractivity contribution >= 4 is 0 Å². The molecule has 0 aliphatic rings. The summed E-state index contributed by atoms with van der Waals surface area (Å²) >= 11 is 0. The summed E-state index contributed by atoms with van der Waals surface area (Å²) in [6.45, 7) is 7.90. The fourth-order valence-corrected chi connectivity index (χ4v) is 2.28.